The quantitative estimate of drug-likeness (QED) is 0.345. The lowest BCUT2D eigenvalue weighted by atomic mass is 10.1. The maximum Gasteiger partial charge on any atom is 0.171 e. The van der Waals surface area contributed by atoms with Crippen LogP contribution < -0.4 is 4.74 Å². The number of benzene rings is 3. The summed E-state index contributed by atoms with van der Waals surface area (Å²) >= 11 is 1.64. The van der Waals surface area contributed by atoms with Gasteiger partial charge < -0.3 is 9.64 Å². The molecule has 2 heterocycles. The zero-order valence-electron chi connectivity index (χ0n) is 18.3. The smallest absolute Gasteiger partial charge is 0.171 e. The molecule has 0 radical (unpaired) electrons. The molecular formula is C27H25N3OS. The fraction of sp³-hybridized carbons (Fsp3) is 0.185. The Labute approximate surface area is 193 Å². The first kappa shape index (κ1) is 20.6. The van der Waals surface area contributed by atoms with E-state index in [0.717, 1.165) is 40.2 Å². The third-order valence-electron chi connectivity index (χ3n) is 5.50. The molecule has 1 aliphatic heterocycles. The number of aromatic nitrogens is 1. The van der Waals surface area contributed by atoms with Crippen LogP contribution in [0.1, 0.15) is 23.6 Å². The lowest BCUT2D eigenvalue weighted by molar-refractivity contribution is 0.341. The SMILES string of the molecule is CCOc1ccccc1N=C1Sc2nc3c(C)cccc3cc2CN1Cc1ccccc1. The molecule has 1 aliphatic rings. The number of para-hydroxylation sites is 3. The number of ether oxygens (including phenoxy) is 1. The van der Waals surface area contributed by atoms with Gasteiger partial charge in [0.2, 0.25) is 0 Å². The maximum absolute atomic E-state index is 5.82. The second-order valence-electron chi connectivity index (χ2n) is 7.84. The molecule has 1 aromatic heterocycles. The van der Waals surface area contributed by atoms with Gasteiger partial charge in [0.05, 0.1) is 12.1 Å². The van der Waals surface area contributed by atoms with Gasteiger partial charge in [-0.25, -0.2) is 9.98 Å². The molecule has 0 unspecified atom stereocenters. The van der Waals surface area contributed by atoms with E-state index in [9.17, 15) is 0 Å². The summed E-state index contributed by atoms with van der Waals surface area (Å²) in [6, 6.07) is 27.1. The van der Waals surface area contributed by atoms with Gasteiger partial charge in [-0.1, -0.05) is 60.7 Å². The molecule has 4 nitrogen and oxygen atoms in total. The summed E-state index contributed by atoms with van der Waals surface area (Å²) in [4.78, 5) is 12.4. The zero-order valence-corrected chi connectivity index (χ0v) is 19.1. The number of amidine groups is 1. The molecule has 3 aromatic carbocycles. The molecule has 0 saturated carbocycles. The van der Waals surface area contributed by atoms with E-state index < -0.39 is 0 Å². The van der Waals surface area contributed by atoms with Crippen molar-refractivity contribution in [2.45, 2.75) is 32.0 Å². The molecule has 0 bridgehead atoms. The fourth-order valence-corrected chi connectivity index (χ4v) is 4.92. The van der Waals surface area contributed by atoms with Crippen LogP contribution >= 0.6 is 11.8 Å². The fourth-order valence-electron chi connectivity index (χ4n) is 3.95. The summed E-state index contributed by atoms with van der Waals surface area (Å²) in [5, 5.41) is 3.16. The Morgan fingerprint density at radius 1 is 1.00 bits per heavy atom. The average Bonchev–Trinajstić information content (AvgIpc) is 2.81. The molecule has 4 aromatic rings. The van der Waals surface area contributed by atoms with Crippen LogP contribution in [0.2, 0.25) is 0 Å². The molecule has 5 heteroatoms. The number of hydrogen-bond donors (Lipinski definition) is 0. The predicted octanol–water partition coefficient (Wildman–Crippen LogP) is 6.74. The number of nitrogens with zero attached hydrogens (tertiary/aromatic N) is 3. The average molecular weight is 440 g/mol. The van der Waals surface area contributed by atoms with E-state index in [1.165, 1.54) is 22.1 Å². The molecular weight excluding hydrogens is 414 g/mol. The number of rotatable bonds is 5. The summed E-state index contributed by atoms with van der Waals surface area (Å²) in [6.45, 7) is 6.27. The number of fused-ring (bicyclic) bond motifs is 2. The summed E-state index contributed by atoms with van der Waals surface area (Å²) in [5.74, 6) is 0.802. The molecule has 0 amide bonds. The third kappa shape index (κ3) is 4.21. The van der Waals surface area contributed by atoms with Crippen LogP contribution in [-0.4, -0.2) is 21.7 Å². The molecule has 160 valence electrons. The standard InChI is InChI=1S/C27H25N3OS/c1-3-31-24-15-8-7-14-23(24)28-27-30(17-20-11-5-4-6-12-20)18-22-16-21-13-9-10-19(2)25(21)29-26(22)32-27/h4-16H,3,17-18H2,1-2H3. The Bertz CT molecular complexity index is 1290. The summed E-state index contributed by atoms with van der Waals surface area (Å²) in [6.07, 6.45) is 0. The number of hydrogen-bond acceptors (Lipinski definition) is 4. The van der Waals surface area contributed by atoms with Crippen molar-refractivity contribution in [2.75, 3.05) is 6.61 Å². The molecule has 5 rings (SSSR count). The highest BCUT2D eigenvalue weighted by Gasteiger charge is 2.25. The number of aryl methyl sites for hydroxylation is 1. The van der Waals surface area contributed by atoms with Gasteiger partial charge >= 0.3 is 0 Å². The van der Waals surface area contributed by atoms with Crippen molar-refractivity contribution in [3.05, 3.63) is 95.6 Å². The van der Waals surface area contributed by atoms with E-state index in [2.05, 4.69) is 66.4 Å². The van der Waals surface area contributed by atoms with Crippen molar-refractivity contribution in [3.8, 4) is 5.75 Å². The van der Waals surface area contributed by atoms with Crippen LogP contribution in [0.25, 0.3) is 10.9 Å². The van der Waals surface area contributed by atoms with E-state index in [1.807, 2.05) is 31.2 Å². The lowest BCUT2D eigenvalue weighted by Crippen LogP contribution is -2.31. The van der Waals surface area contributed by atoms with Crippen molar-refractivity contribution in [2.24, 2.45) is 4.99 Å². The van der Waals surface area contributed by atoms with Crippen molar-refractivity contribution in [1.29, 1.82) is 0 Å². The van der Waals surface area contributed by atoms with Gasteiger partial charge in [0, 0.05) is 24.0 Å². The number of aliphatic imine (C=N–C) groups is 1. The van der Waals surface area contributed by atoms with Crippen LogP contribution in [0.3, 0.4) is 0 Å². The van der Waals surface area contributed by atoms with Gasteiger partial charge in [-0.2, -0.15) is 0 Å². The topological polar surface area (TPSA) is 37.7 Å². The zero-order chi connectivity index (χ0) is 21.9. The van der Waals surface area contributed by atoms with Gasteiger partial charge in [0.25, 0.3) is 0 Å². The van der Waals surface area contributed by atoms with Crippen LogP contribution in [0.5, 0.6) is 5.75 Å². The largest absolute Gasteiger partial charge is 0.492 e. The summed E-state index contributed by atoms with van der Waals surface area (Å²) in [7, 11) is 0. The molecule has 0 atom stereocenters. The van der Waals surface area contributed by atoms with E-state index >= 15 is 0 Å². The highest BCUT2D eigenvalue weighted by Crippen LogP contribution is 2.37. The molecule has 0 fully saturated rings. The van der Waals surface area contributed by atoms with Gasteiger partial charge in [0.15, 0.2) is 5.17 Å². The minimum Gasteiger partial charge on any atom is -0.492 e. The van der Waals surface area contributed by atoms with Crippen LogP contribution in [0.4, 0.5) is 5.69 Å². The monoisotopic (exact) mass is 439 g/mol. The van der Waals surface area contributed by atoms with Crippen molar-refractivity contribution < 1.29 is 4.74 Å². The normalized spacial score (nSPS) is 14.6. The van der Waals surface area contributed by atoms with Crippen LogP contribution in [0.15, 0.2) is 88.9 Å². The van der Waals surface area contributed by atoms with Crippen molar-refractivity contribution in [1.82, 2.24) is 9.88 Å². The predicted molar refractivity (Wildman–Crippen MR) is 133 cm³/mol. The first-order valence-electron chi connectivity index (χ1n) is 10.9. The van der Waals surface area contributed by atoms with Gasteiger partial charge in [0.1, 0.15) is 16.5 Å². The minimum atomic E-state index is 0.610. The van der Waals surface area contributed by atoms with Crippen LogP contribution in [0, 0.1) is 6.92 Å². The highest BCUT2D eigenvalue weighted by molar-refractivity contribution is 8.13. The Morgan fingerprint density at radius 3 is 2.66 bits per heavy atom. The molecule has 0 N–H and O–H groups in total. The first-order valence-corrected chi connectivity index (χ1v) is 11.7. The first-order chi connectivity index (χ1) is 15.7. The van der Waals surface area contributed by atoms with Crippen molar-refractivity contribution in [3.63, 3.8) is 0 Å². The van der Waals surface area contributed by atoms with E-state index in [0.29, 0.717) is 6.61 Å². The van der Waals surface area contributed by atoms with E-state index in [4.69, 9.17) is 14.7 Å². The molecule has 32 heavy (non-hydrogen) atoms. The molecule has 0 aliphatic carbocycles. The molecule has 0 saturated heterocycles. The van der Waals surface area contributed by atoms with Crippen molar-refractivity contribution >= 4 is 33.5 Å². The van der Waals surface area contributed by atoms with Gasteiger partial charge in [-0.3, -0.25) is 0 Å². The Hall–Kier alpha value is -3.31. The summed E-state index contributed by atoms with van der Waals surface area (Å²) < 4.78 is 5.82. The van der Waals surface area contributed by atoms with Crippen LogP contribution in [-0.2, 0) is 13.1 Å². The van der Waals surface area contributed by atoms with E-state index in [1.54, 1.807) is 11.8 Å². The number of pyridine rings is 1. The Balaban J connectivity index is 1.59. The highest BCUT2D eigenvalue weighted by atomic mass is 32.2. The third-order valence-corrected chi connectivity index (χ3v) is 6.58. The second-order valence-corrected chi connectivity index (χ2v) is 8.79. The maximum atomic E-state index is 5.82. The Morgan fingerprint density at radius 2 is 1.81 bits per heavy atom. The second kappa shape index (κ2) is 9.05. The van der Waals surface area contributed by atoms with Gasteiger partial charge in [-0.05, 0) is 54.9 Å². The van der Waals surface area contributed by atoms with E-state index in [-0.39, 0.29) is 0 Å². The Kier molecular flexibility index (Phi) is 5.82. The summed E-state index contributed by atoms with van der Waals surface area (Å²) in [5.41, 5.74) is 5.59. The van der Waals surface area contributed by atoms with Gasteiger partial charge in [-0.15, -0.1) is 0 Å². The number of thioether (sulfide) groups is 1. The minimum absolute atomic E-state index is 0.610. The lowest BCUT2D eigenvalue weighted by Gasteiger charge is -2.31. The molecule has 0 spiro atoms.